The molecular formula is C23H26N8O3. The van der Waals surface area contributed by atoms with Crippen molar-refractivity contribution >= 4 is 17.6 Å². The van der Waals surface area contributed by atoms with Crippen molar-refractivity contribution in [3.05, 3.63) is 54.0 Å². The number of hydrogen-bond donors (Lipinski definition) is 2. The fourth-order valence-electron chi connectivity index (χ4n) is 3.91. The Morgan fingerprint density at radius 1 is 1.15 bits per heavy atom. The predicted octanol–water partition coefficient (Wildman–Crippen LogP) is 3.67. The molecule has 0 bridgehead atoms. The third-order valence-electron chi connectivity index (χ3n) is 5.48. The van der Waals surface area contributed by atoms with Crippen LogP contribution in [0.4, 0.5) is 17.6 Å². The number of pyridine rings is 1. The molecule has 5 rings (SSSR count). The average molecular weight is 463 g/mol. The molecule has 5 heterocycles. The van der Waals surface area contributed by atoms with Crippen LogP contribution in [0.25, 0.3) is 11.4 Å². The van der Waals surface area contributed by atoms with Gasteiger partial charge in [0.05, 0.1) is 18.3 Å². The Labute approximate surface area is 196 Å². The first-order valence-corrected chi connectivity index (χ1v) is 11.1. The Kier molecular flexibility index (Phi) is 6.34. The lowest BCUT2D eigenvalue weighted by molar-refractivity contribution is 0.143. The molecule has 11 nitrogen and oxygen atoms in total. The van der Waals surface area contributed by atoms with Crippen LogP contribution in [-0.4, -0.2) is 57.2 Å². The summed E-state index contributed by atoms with van der Waals surface area (Å²) in [5.41, 5.74) is 2.42. The Balaban J connectivity index is 1.43. The Bertz CT molecular complexity index is 1230. The zero-order chi connectivity index (χ0) is 23.3. The van der Waals surface area contributed by atoms with Gasteiger partial charge in [0.25, 0.3) is 0 Å². The van der Waals surface area contributed by atoms with E-state index in [-0.39, 0.29) is 6.04 Å². The molecule has 1 aliphatic heterocycles. The zero-order valence-electron chi connectivity index (χ0n) is 19.1. The van der Waals surface area contributed by atoms with E-state index in [4.69, 9.17) is 19.0 Å². The van der Waals surface area contributed by atoms with Gasteiger partial charge in [0.2, 0.25) is 11.8 Å². The summed E-state index contributed by atoms with van der Waals surface area (Å²) in [6.07, 6.45) is 3.61. The van der Waals surface area contributed by atoms with E-state index < -0.39 is 0 Å². The number of hydrogen-bond acceptors (Lipinski definition) is 10. The minimum Gasteiger partial charge on any atom is -0.475 e. The first-order valence-electron chi connectivity index (χ1n) is 11.1. The number of aromatic nitrogens is 6. The van der Waals surface area contributed by atoms with Crippen molar-refractivity contribution in [1.29, 1.82) is 0 Å². The molecule has 11 heteroatoms. The van der Waals surface area contributed by atoms with Crippen LogP contribution in [0.5, 0.6) is 5.88 Å². The predicted molar refractivity (Wildman–Crippen MR) is 125 cm³/mol. The van der Waals surface area contributed by atoms with Crippen molar-refractivity contribution in [3.8, 4) is 17.3 Å². The maximum atomic E-state index is 5.82. The van der Waals surface area contributed by atoms with Crippen molar-refractivity contribution in [1.82, 2.24) is 30.3 Å². The van der Waals surface area contributed by atoms with E-state index in [1.165, 1.54) is 0 Å². The highest BCUT2D eigenvalue weighted by atomic mass is 16.5. The Morgan fingerprint density at radius 2 is 2.09 bits per heavy atom. The molecule has 176 valence electrons. The summed E-state index contributed by atoms with van der Waals surface area (Å²) in [5, 5.41) is 14.6. The standard InChI is InChI=1S/C23H26N8O3/c1-15-12-21(29-28-15)25-20-14-22(33-11-10-32-2)27-23(26-20)31-9-5-7-18(31)19-13-17(30-34-19)16-6-3-4-8-24-16/h3-4,6,8,12-14,18H,5,7,9-11H2,1-2H3,(H2,25,26,27,28,29). The van der Waals surface area contributed by atoms with Crippen molar-refractivity contribution in [2.75, 3.05) is 37.1 Å². The lowest BCUT2D eigenvalue weighted by Gasteiger charge is -2.23. The summed E-state index contributed by atoms with van der Waals surface area (Å²) >= 11 is 0. The van der Waals surface area contributed by atoms with E-state index in [0.29, 0.717) is 42.4 Å². The number of methoxy groups -OCH3 is 1. The van der Waals surface area contributed by atoms with E-state index in [1.54, 1.807) is 19.4 Å². The number of aryl methyl sites for hydroxylation is 1. The SMILES string of the molecule is COCCOc1cc(Nc2cc(C)[nH]n2)nc(N2CCCC2c2cc(-c3ccccn3)no2)n1. The molecule has 1 fully saturated rings. The maximum Gasteiger partial charge on any atom is 0.231 e. The smallest absolute Gasteiger partial charge is 0.231 e. The van der Waals surface area contributed by atoms with Crippen LogP contribution in [0.2, 0.25) is 0 Å². The van der Waals surface area contributed by atoms with E-state index in [1.807, 2.05) is 37.3 Å². The van der Waals surface area contributed by atoms with E-state index in [9.17, 15) is 0 Å². The second-order valence-corrected chi connectivity index (χ2v) is 7.97. The van der Waals surface area contributed by atoms with Gasteiger partial charge in [-0.25, -0.2) is 0 Å². The number of ether oxygens (including phenoxy) is 2. The summed E-state index contributed by atoms with van der Waals surface area (Å²) in [5.74, 6) is 3.00. The van der Waals surface area contributed by atoms with Gasteiger partial charge in [-0.3, -0.25) is 10.1 Å². The third kappa shape index (κ3) is 4.84. The van der Waals surface area contributed by atoms with Crippen LogP contribution in [0.15, 0.2) is 47.1 Å². The molecule has 1 saturated heterocycles. The molecule has 4 aromatic heterocycles. The van der Waals surface area contributed by atoms with Crippen LogP contribution in [0, 0.1) is 6.92 Å². The van der Waals surface area contributed by atoms with Gasteiger partial charge in [0, 0.05) is 43.7 Å². The normalized spacial score (nSPS) is 15.6. The van der Waals surface area contributed by atoms with Crippen LogP contribution in [-0.2, 0) is 4.74 Å². The fraction of sp³-hybridized carbons (Fsp3) is 0.348. The highest BCUT2D eigenvalue weighted by molar-refractivity contribution is 5.57. The van der Waals surface area contributed by atoms with Gasteiger partial charge in [0.15, 0.2) is 11.6 Å². The molecule has 1 unspecified atom stereocenters. The van der Waals surface area contributed by atoms with E-state index >= 15 is 0 Å². The number of rotatable bonds is 9. The molecule has 0 aliphatic carbocycles. The summed E-state index contributed by atoms with van der Waals surface area (Å²) < 4.78 is 16.6. The molecule has 0 radical (unpaired) electrons. The fourth-order valence-corrected chi connectivity index (χ4v) is 3.91. The number of anilines is 3. The van der Waals surface area contributed by atoms with Crippen LogP contribution >= 0.6 is 0 Å². The monoisotopic (exact) mass is 462 g/mol. The van der Waals surface area contributed by atoms with Gasteiger partial charge in [-0.1, -0.05) is 11.2 Å². The molecule has 4 aromatic rings. The molecule has 0 amide bonds. The zero-order valence-corrected chi connectivity index (χ0v) is 19.1. The van der Waals surface area contributed by atoms with Gasteiger partial charge >= 0.3 is 0 Å². The van der Waals surface area contributed by atoms with E-state index in [2.05, 4.69) is 35.5 Å². The Hall–Kier alpha value is -3.99. The Morgan fingerprint density at radius 3 is 2.88 bits per heavy atom. The molecule has 34 heavy (non-hydrogen) atoms. The molecule has 0 saturated carbocycles. The third-order valence-corrected chi connectivity index (χ3v) is 5.48. The molecular weight excluding hydrogens is 436 g/mol. The second kappa shape index (κ2) is 9.87. The summed E-state index contributed by atoms with van der Waals surface area (Å²) in [6.45, 7) is 3.56. The highest BCUT2D eigenvalue weighted by Gasteiger charge is 2.32. The molecule has 2 N–H and O–H groups in total. The topological polar surface area (TPSA) is 127 Å². The van der Waals surface area contributed by atoms with Gasteiger partial charge in [0.1, 0.15) is 18.1 Å². The molecule has 1 aliphatic rings. The first-order chi connectivity index (χ1) is 16.7. The molecule has 0 aromatic carbocycles. The lowest BCUT2D eigenvalue weighted by Crippen LogP contribution is -2.25. The largest absolute Gasteiger partial charge is 0.475 e. The van der Waals surface area contributed by atoms with Crippen LogP contribution < -0.4 is 15.0 Å². The highest BCUT2D eigenvalue weighted by Crippen LogP contribution is 2.37. The lowest BCUT2D eigenvalue weighted by atomic mass is 10.1. The number of aromatic amines is 1. The summed E-state index contributed by atoms with van der Waals surface area (Å²) in [7, 11) is 1.63. The first kappa shape index (κ1) is 21.8. The number of H-pyrrole nitrogens is 1. The average Bonchev–Trinajstić information content (AvgIpc) is 3.60. The quantitative estimate of drug-likeness (QED) is 0.356. The van der Waals surface area contributed by atoms with Crippen LogP contribution in [0.3, 0.4) is 0 Å². The van der Waals surface area contributed by atoms with Gasteiger partial charge in [-0.2, -0.15) is 15.1 Å². The van der Waals surface area contributed by atoms with Gasteiger partial charge in [-0.15, -0.1) is 0 Å². The number of nitrogens with one attached hydrogen (secondary N) is 2. The van der Waals surface area contributed by atoms with E-state index in [0.717, 1.165) is 36.5 Å². The van der Waals surface area contributed by atoms with Crippen molar-refractivity contribution in [2.45, 2.75) is 25.8 Å². The summed E-state index contributed by atoms with van der Waals surface area (Å²) in [4.78, 5) is 15.9. The van der Waals surface area contributed by atoms with Crippen molar-refractivity contribution in [3.63, 3.8) is 0 Å². The second-order valence-electron chi connectivity index (χ2n) is 7.97. The maximum absolute atomic E-state index is 5.82. The van der Waals surface area contributed by atoms with Gasteiger partial charge < -0.3 is 24.2 Å². The van der Waals surface area contributed by atoms with Crippen LogP contribution in [0.1, 0.15) is 30.3 Å². The molecule has 1 atom stereocenters. The minimum atomic E-state index is -0.0420. The molecule has 0 spiro atoms. The number of nitrogens with zero attached hydrogens (tertiary/aromatic N) is 6. The van der Waals surface area contributed by atoms with Gasteiger partial charge in [-0.05, 0) is 31.9 Å². The van der Waals surface area contributed by atoms with Crippen molar-refractivity contribution in [2.24, 2.45) is 0 Å². The van der Waals surface area contributed by atoms with Crippen molar-refractivity contribution < 1.29 is 14.0 Å². The summed E-state index contributed by atoms with van der Waals surface area (Å²) in [6, 6.07) is 11.3. The minimum absolute atomic E-state index is 0.0420.